The van der Waals surface area contributed by atoms with Crippen LogP contribution in [0.3, 0.4) is 0 Å². The molecule has 134 valence electrons. The Balaban J connectivity index is 0.00000288. The topological polar surface area (TPSA) is 75.3 Å². The number of hydrogen-bond donors (Lipinski definition) is 2. The van der Waals surface area contributed by atoms with Crippen LogP contribution >= 0.6 is 35.3 Å². The van der Waals surface area contributed by atoms with E-state index in [1.165, 1.54) is 4.88 Å². The van der Waals surface area contributed by atoms with Gasteiger partial charge in [-0.05, 0) is 20.3 Å². The van der Waals surface area contributed by atoms with Gasteiger partial charge in [0.25, 0.3) is 0 Å². The molecule has 2 aromatic rings. The normalized spacial score (nSPS) is 11.3. The van der Waals surface area contributed by atoms with Crippen molar-refractivity contribution in [2.24, 2.45) is 4.99 Å². The maximum Gasteiger partial charge on any atom is 0.191 e. The molecule has 0 saturated heterocycles. The summed E-state index contributed by atoms with van der Waals surface area (Å²) in [5, 5.41) is 11.8. The Morgan fingerprint density at radius 2 is 1.88 bits per heavy atom. The average molecular weight is 463 g/mol. The quantitative estimate of drug-likeness (QED) is 0.391. The predicted molar refractivity (Wildman–Crippen MR) is 109 cm³/mol. The van der Waals surface area contributed by atoms with Gasteiger partial charge in [0.1, 0.15) is 10.8 Å². The third kappa shape index (κ3) is 5.17. The van der Waals surface area contributed by atoms with Crippen molar-refractivity contribution in [3.63, 3.8) is 0 Å². The smallest absolute Gasteiger partial charge is 0.191 e. The first-order valence-electron chi connectivity index (χ1n) is 7.92. The fourth-order valence-corrected chi connectivity index (χ4v) is 3.18. The maximum atomic E-state index is 5.39. The summed E-state index contributed by atoms with van der Waals surface area (Å²) in [7, 11) is 1.77. The third-order valence-corrected chi connectivity index (χ3v) is 4.82. The minimum Gasteiger partial charge on any atom is -0.361 e. The molecule has 0 unspecified atom stereocenters. The largest absolute Gasteiger partial charge is 0.361 e. The van der Waals surface area contributed by atoms with Crippen LogP contribution in [0.15, 0.2) is 9.52 Å². The van der Waals surface area contributed by atoms with Crippen molar-refractivity contribution >= 4 is 41.3 Å². The molecule has 0 aliphatic heterocycles. The van der Waals surface area contributed by atoms with Gasteiger partial charge in [-0.3, -0.25) is 4.99 Å². The van der Waals surface area contributed by atoms with Crippen LogP contribution in [0.5, 0.6) is 0 Å². The lowest BCUT2D eigenvalue weighted by Gasteiger charge is -2.11. The molecule has 2 N–H and O–H groups in total. The summed E-state index contributed by atoms with van der Waals surface area (Å²) in [5.41, 5.74) is 3.24. The highest BCUT2D eigenvalue weighted by Crippen LogP contribution is 2.16. The van der Waals surface area contributed by atoms with E-state index in [-0.39, 0.29) is 24.0 Å². The molecule has 2 rings (SSSR count). The van der Waals surface area contributed by atoms with E-state index in [0.717, 1.165) is 46.5 Å². The van der Waals surface area contributed by atoms with Gasteiger partial charge in [0.2, 0.25) is 0 Å². The Labute approximate surface area is 164 Å². The Kier molecular flexibility index (Phi) is 8.68. The highest BCUT2D eigenvalue weighted by Gasteiger charge is 2.13. The Bertz CT molecular complexity index is 639. The van der Waals surface area contributed by atoms with Crippen molar-refractivity contribution in [2.75, 3.05) is 7.05 Å². The van der Waals surface area contributed by atoms with E-state index in [4.69, 9.17) is 4.52 Å². The summed E-state index contributed by atoms with van der Waals surface area (Å²) in [4.78, 5) is 10.1. The minimum atomic E-state index is 0. The summed E-state index contributed by atoms with van der Waals surface area (Å²) in [6.07, 6.45) is 1.71. The predicted octanol–water partition coefficient (Wildman–Crippen LogP) is 3.36. The first kappa shape index (κ1) is 20.9. The van der Waals surface area contributed by atoms with Gasteiger partial charge in [0.15, 0.2) is 5.96 Å². The molecular weight excluding hydrogens is 437 g/mol. The SMILES string of the molecule is CCc1noc(CC)c1CNC(=NC)NCc1nc(C)c(C)s1.I. The molecule has 2 heterocycles. The van der Waals surface area contributed by atoms with Crippen LogP contribution in [-0.2, 0) is 25.9 Å². The van der Waals surface area contributed by atoms with Crippen molar-refractivity contribution in [3.05, 3.63) is 32.6 Å². The van der Waals surface area contributed by atoms with Crippen LogP contribution in [0, 0.1) is 13.8 Å². The number of aliphatic imine (C=N–C) groups is 1. The molecule has 0 amide bonds. The lowest BCUT2D eigenvalue weighted by Crippen LogP contribution is -2.36. The van der Waals surface area contributed by atoms with Gasteiger partial charge in [0, 0.05) is 30.5 Å². The number of thiazole rings is 1. The van der Waals surface area contributed by atoms with Gasteiger partial charge in [-0.15, -0.1) is 35.3 Å². The van der Waals surface area contributed by atoms with Crippen LogP contribution in [0.1, 0.15) is 46.4 Å². The fourth-order valence-electron chi connectivity index (χ4n) is 2.30. The molecule has 2 aromatic heterocycles. The number of aromatic nitrogens is 2. The Morgan fingerprint density at radius 3 is 2.42 bits per heavy atom. The molecule has 8 heteroatoms. The summed E-state index contributed by atoms with van der Waals surface area (Å²) >= 11 is 1.71. The molecule has 0 radical (unpaired) electrons. The molecule has 6 nitrogen and oxygen atoms in total. The number of nitrogens with zero attached hydrogens (tertiary/aromatic N) is 3. The summed E-state index contributed by atoms with van der Waals surface area (Å²) < 4.78 is 5.39. The standard InChI is InChI=1S/C16H25N5OS.HI/c1-6-13-12(14(7-2)22-21-13)8-18-16(17-5)19-9-15-20-10(3)11(4)23-15;/h6-9H2,1-5H3,(H2,17,18,19);1H. The van der Waals surface area contributed by atoms with Crippen LogP contribution in [0.25, 0.3) is 0 Å². The molecule has 0 fully saturated rings. The van der Waals surface area contributed by atoms with Crippen molar-refractivity contribution < 1.29 is 4.52 Å². The summed E-state index contributed by atoms with van der Waals surface area (Å²) in [5.74, 6) is 1.69. The molecule has 0 aliphatic carbocycles. The zero-order valence-electron chi connectivity index (χ0n) is 14.9. The van der Waals surface area contributed by atoms with Crippen molar-refractivity contribution in [3.8, 4) is 0 Å². The van der Waals surface area contributed by atoms with E-state index >= 15 is 0 Å². The van der Waals surface area contributed by atoms with Crippen molar-refractivity contribution in [1.29, 1.82) is 0 Å². The number of halogens is 1. The Hall–Kier alpha value is -1.16. The van der Waals surface area contributed by atoms with Crippen molar-refractivity contribution in [2.45, 2.75) is 53.6 Å². The van der Waals surface area contributed by atoms with Crippen molar-refractivity contribution in [1.82, 2.24) is 20.8 Å². The lowest BCUT2D eigenvalue weighted by atomic mass is 10.1. The molecule has 0 spiro atoms. The van der Waals surface area contributed by atoms with E-state index in [2.05, 4.69) is 46.5 Å². The highest BCUT2D eigenvalue weighted by molar-refractivity contribution is 14.0. The summed E-state index contributed by atoms with van der Waals surface area (Å²) in [6, 6.07) is 0. The van der Waals surface area contributed by atoms with E-state index in [9.17, 15) is 0 Å². The van der Waals surface area contributed by atoms with Gasteiger partial charge < -0.3 is 15.2 Å². The molecule has 0 aliphatic rings. The minimum absolute atomic E-state index is 0. The van der Waals surface area contributed by atoms with E-state index in [1.54, 1.807) is 18.4 Å². The van der Waals surface area contributed by atoms with E-state index < -0.39 is 0 Å². The number of hydrogen-bond acceptors (Lipinski definition) is 5. The lowest BCUT2D eigenvalue weighted by molar-refractivity contribution is 0.380. The highest BCUT2D eigenvalue weighted by atomic mass is 127. The maximum absolute atomic E-state index is 5.39. The number of rotatable bonds is 6. The second-order valence-electron chi connectivity index (χ2n) is 5.27. The monoisotopic (exact) mass is 463 g/mol. The molecule has 0 atom stereocenters. The molecule has 24 heavy (non-hydrogen) atoms. The van der Waals surface area contributed by atoms with Gasteiger partial charge in [0.05, 0.1) is 17.9 Å². The second kappa shape index (κ2) is 9.97. The van der Waals surface area contributed by atoms with Crippen LogP contribution in [0.2, 0.25) is 0 Å². The van der Waals surface area contributed by atoms with Gasteiger partial charge in [-0.2, -0.15) is 0 Å². The average Bonchev–Trinajstić information content (AvgIpc) is 3.10. The molecule has 0 bridgehead atoms. The zero-order chi connectivity index (χ0) is 16.8. The zero-order valence-corrected chi connectivity index (χ0v) is 18.0. The van der Waals surface area contributed by atoms with Gasteiger partial charge >= 0.3 is 0 Å². The fraction of sp³-hybridized carbons (Fsp3) is 0.562. The van der Waals surface area contributed by atoms with Gasteiger partial charge in [-0.25, -0.2) is 4.98 Å². The molecule has 0 saturated carbocycles. The van der Waals surface area contributed by atoms with E-state index in [0.29, 0.717) is 13.1 Å². The molecular formula is C16H26IN5OS. The number of guanidine groups is 1. The molecule has 0 aromatic carbocycles. The van der Waals surface area contributed by atoms with Crippen LogP contribution in [-0.4, -0.2) is 23.1 Å². The first-order valence-corrected chi connectivity index (χ1v) is 8.74. The first-order chi connectivity index (χ1) is 11.1. The van der Waals surface area contributed by atoms with E-state index in [1.807, 2.05) is 6.92 Å². The van der Waals surface area contributed by atoms with Gasteiger partial charge in [-0.1, -0.05) is 19.0 Å². The Morgan fingerprint density at radius 1 is 1.17 bits per heavy atom. The van der Waals surface area contributed by atoms with Crippen LogP contribution < -0.4 is 10.6 Å². The number of aryl methyl sites for hydroxylation is 4. The summed E-state index contributed by atoms with van der Waals surface area (Å²) in [6.45, 7) is 9.61. The number of nitrogens with one attached hydrogen (secondary N) is 2. The van der Waals surface area contributed by atoms with Crippen LogP contribution in [0.4, 0.5) is 0 Å². The third-order valence-electron chi connectivity index (χ3n) is 3.74. The second-order valence-corrected chi connectivity index (χ2v) is 6.55.